The highest BCUT2D eigenvalue weighted by molar-refractivity contribution is 7.99. The number of anilines is 1. The van der Waals surface area contributed by atoms with Crippen molar-refractivity contribution in [1.29, 1.82) is 0 Å². The zero-order valence-electron chi connectivity index (χ0n) is 9.79. The molecule has 1 heterocycles. The van der Waals surface area contributed by atoms with E-state index in [9.17, 15) is 4.79 Å². The van der Waals surface area contributed by atoms with Gasteiger partial charge in [-0.05, 0) is 30.3 Å². The minimum absolute atomic E-state index is 0.369. The molecule has 0 saturated heterocycles. The summed E-state index contributed by atoms with van der Waals surface area (Å²) in [5.41, 5.74) is 7.01. The number of rotatable bonds is 3. The van der Waals surface area contributed by atoms with Crippen LogP contribution in [0, 0.1) is 0 Å². The van der Waals surface area contributed by atoms with Crippen LogP contribution in [0.15, 0.2) is 52.5 Å². The highest BCUT2D eigenvalue weighted by Crippen LogP contribution is 2.32. The summed E-state index contributed by atoms with van der Waals surface area (Å²) in [6.45, 7) is 0. The normalized spacial score (nSPS) is 10.1. The van der Waals surface area contributed by atoms with Gasteiger partial charge in [-0.25, -0.2) is 4.79 Å². The van der Waals surface area contributed by atoms with Gasteiger partial charge < -0.3 is 10.5 Å². The fourth-order valence-corrected chi connectivity index (χ4v) is 2.28. The van der Waals surface area contributed by atoms with Crippen molar-refractivity contribution in [1.82, 2.24) is 4.98 Å². The summed E-state index contributed by atoms with van der Waals surface area (Å²) in [4.78, 5) is 17.2. The van der Waals surface area contributed by atoms with Crippen molar-refractivity contribution in [2.45, 2.75) is 9.79 Å². The molecule has 0 aliphatic carbocycles. The SMILES string of the molecule is COC(=O)c1ccc(N)c(Sc2ccncc2)c1. The maximum atomic E-state index is 11.4. The van der Waals surface area contributed by atoms with Crippen LogP contribution in [0.4, 0.5) is 5.69 Å². The summed E-state index contributed by atoms with van der Waals surface area (Å²) in [6, 6.07) is 8.85. The summed E-state index contributed by atoms with van der Waals surface area (Å²) < 4.78 is 4.68. The highest BCUT2D eigenvalue weighted by atomic mass is 32.2. The molecule has 0 saturated carbocycles. The first-order valence-electron chi connectivity index (χ1n) is 5.26. The van der Waals surface area contributed by atoms with E-state index in [1.807, 2.05) is 12.1 Å². The number of aromatic nitrogens is 1. The zero-order chi connectivity index (χ0) is 13.0. The third kappa shape index (κ3) is 2.81. The van der Waals surface area contributed by atoms with E-state index in [-0.39, 0.29) is 5.97 Å². The van der Waals surface area contributed by atoms with Crippen LogP contribution in [-0.2, 0) is 4.74 Å². The fourth-order valence-electron chi connectivity index (χ4n) is 1.40. The van der Waals surface area contributed by atoms with Gasteiger partial charge in [-0.3, -0.25) is 4.98 Å². The molecular weight excluding hydrogens is 248 g/mol. The molecule has 5 heteroatoms. The standard InChI is InChI=1S/C13H12N2O2S/c1-17-13(16)9-2-3-11(14)12(8-9)18-10-4-6-15-7-5-10/h2-8H,14H2,1H3. The largest absolute Gasteiger partial charge is 0.465 e. The number of pyridine rings is 1. The minimum atomic E-state index is -0.369. The Bertz CT molecular complexity index is 558. The average molecular weight is 260 g/mol. The molecule has 2 aromatic rings. The molecule has 0 amide bonds. The van der Waals surface area contributed by atoms with Crippen molar-refractivity contribution in [2.75, 3.05) is 12.8 Å². The monoisotopic (exact) mass is 260 g/mol. The van der Waals surface area contributed by atoms with E-state index in [0.717, 1.165) is 9.79 Å². The molecule has 4 nitrogen and oxygen atoms in total. The van der Waals surface area contributed by atoms with Crippen molar-refractivity contribution in [2.24, 2.45) is 0 Å². The smallest absolute Gasteiger partial charge is 0.337 e. The van der Waals surface area contributed by atoms with Crippen LogP contribution >= 0.6 is 11.8 Å². The Labute approximate surface area is 109 Å². The molecule has 0 unspecified atom stereocenters. The predicted octanol–water partition coefficient (Wildman–Crippen LogP) is 2.60. The van der Waals surface area contributed by atoms with Gasteiger partial charge in [0, 0.05) is 27.9 Å². The molecule has 2 rings (SSSR count). The van der Waals surface area contributed by atoms with Gasteiger partial charge in [0.05, 0.1) is 12.7 Å². The molecule has 0 spiro atoms. The number of hydrogen-bond donors (Lipinski definition) is 1. The summed E-state index contributed by atoms with van der Waals surface area (Å²) in [5.74, 6) is -0.369. The summed E-state index contributed by atoms with van der Waals surface area (Å²) in [6.07, 6.45) is 3.42. The molecule has 0 aliphatic rings. The molecule has 2 N–H and O–H groups in total. The number of nitrogens with two attached hydrogens (primary N) is 1. The average Bonchev–Trinajstić information content (AvgIpc) is 2.41. The molecule has 0 radical (unpaired) electrons. The second-order valence-electron chi connectivity index (χ2n) is 3.53. The molecule has 1 aromatic heterocycles. The number of benzene rings is 1. The Morgan fingerprint density at radius 1 is 1.28 bits per heavy atom. The fraction of sp³-hybridized carbons (Fsp3) is 0.0769. The number of nitrogen functional groups attached to an aromatic ring is 1. The van der Waals surface area contributed by atoms with E-state index in [0.29, 0.717) is 11.3 Å². The van der Waals surface area contributed by atoms with Crippen molar-refractivity contribution in [3.05, 3.63) is 48.3 Å². The van der Waals surface area contributed by atoms with Crippen LogP contribution < -0.4 is 5.73 Å². The van der Waals surface area contributed by atoms with Crippen LogP contribution in [0.3, 0.4) is 0 Å². The van der Waals surface area contributed by atoms with E-state index >= 15 is 0 Å². The second kappa shape index (κ2) is 5.55. The number of carbonyl (C=O) groups excluding carboxylic acids is 1. The van der Waals surface area contributed by atoms with Gasteiger partial charge in [-0.1, -0.05) is 11.8 Å². The van der Waals surface area contributed by atoms with Gasteiger partial charge >= 0.3 is 5.97 Å². The molecule has 18 heavy (non-hydrogen) atoms. The Hall–Kier alpha value is -2.01. The van der Waals surface area contributed by atoms with E-state index < -0.39 is 0 Å². The lowest BCUT2D eigenvalue weighted by atomic mass is 10.2. The number of ether oxygens (including phenoxy) is 1. The third-order valence-electron chi connectivity index (χ3n) is 2.31. The first-order valence-corrected chi connectivity index (χ1v) is 6.08. The van der Waals surface area contributed by atoms with E-state index in [2.05, 4.69) is 9.72 Å². The van der Waals surface area contributed by atoms with Crippen LogP contribution in [0.5, 0.6) is 0 Å². The zero-order valence-corrected chi connectivity index (χ0v) is 10.6. The predicted molar refractivity (Wildman–Crippen MR) is 70.6 cm³/mol. The minimum Gasteiger partial charge on any atom is -0.465 e. The van der Waals surface area contributed by atoms with Gasteiger partial charge in [0.1, 0.15) is 0 Å². The summed E-state index contributed by atoms with van der Waals surface area (Å²) in [5, 5.41) is 0. The van der Waals surface area contributed by atoms with Gasteiger partial charge in [-0.15, -0.1) is 0 Å². The Morgan fingerprint density at radius 2 is 2.00 bits per heavy atom. The van der Waals surface area contributed by atoms with Gasteiger partial charge in [-0.2, -0.15) is 0 Å². The molecule has 0 atom stereocenters. The van der Waals surface area contributed by atoms with Crippen LogP contribution in [0.25, 0.3) is 0 Å². The number of carbonyl (C=O) groups is 1. The van der Waals surface area contributed by atoms with E-state index in [1.165, 1.54) is 18.9 Å². The van der Waals surface area contributed by atoms with E-state index in [4.69, 9.17) is 5.73 Å². The molecule has 0 fully saturated rings. The van der Waals surface area contributed by atoms with E-state index in [1.54, 1.807) is 30.6 Å². The topological polar surface area (TPSA) is 65.2 Å². The lowest BCUT2D eigenvalue weighted by Gasteiger charge is -2.07. The van der Waals surface area contributed by atoms with Gasteiger partial charge in [0.2, 0.25) is 0 Å². The van der Waals surface area contributed by atoms with Gasteiger partial charge in [0.25, 0.3) is 0 Å². The maximum Gasteiger partial charge on any atom is 0.337 e. The van der Waals surface area contributed by atoms with Crippen LogP contribution in [0.1, 0.15) is 10.4 Å². The molecule has 92 valence electrons. The van der Waals surface area contributed by atoms with Crippen LogP contribution in [0.2, 0.25) is 0 Å². The maximum absolute atomic E-state index is 11.4. The summed E-state index contributed by atoms with van der Waals surface area (Å²) in [7, 11) is 1.36. The number of esters is 1. The first-order chi connectivity index (χ1) is 8.70. The van der Waals surface area contributed by atoms with Crippen molar-refractivity contribution >= 4 is 23.4 Å². The third-order valence-corrected chi connectivity index (χ3v) is 3.39. The van der Waals surface area contributed by atoms with Crippen molar-refractivity contribution in [3.8, 4) is 0 Å². The Kier molecular flexibility index (Phi) is 3.84. The Morgan fingerprint density at radius 3 is 2.67 bits per heavy atom. The summed E-state index contributed by atoms with van der Waals surface area (Å²) >= 11 is 1.48. The number of hydrogen-bond acceptors (Lipinski definition) is 5. The van der Waals surface area contributed by atoms with Crippen molar-refractivity contribution in [3.63, 3.8) is 0 Å². The molecule has 0 aliphatic heterocycles. The van der Waals surface area contributed by atoms with Gasteiger partial charge in [0.15, 0.2) is 0 Å². The Balaban J connectivity index is 2.30. The highest BCUT2D eigenvalue weighted by Gasteiger charge is 2.09. The molecular formula is C13H12N2O2S. The quantitative estimate of drug-likeness (QED) is 0.678. The number of methoxy groups -OCH3 is 1. The number of nitrogens with zero attached hydrogens (tertiary/aromatic N) is 1. The van der Waals surface area contributed by atoms with Crippen LogP contribution in [-0.4, -0.2) is 18.1 Å². The first kappa shape index (κ1) is 12.4. The molecule has 0 bridgehead atoms. The second-order valence-corrected chi connectivity index (χ2v) is 4.64. The lowest BCUT2D eigenvalue weighted by molar-refractivity contribution is 0.0600. The molecule has 1 aromatic carbocycles. The lowest BCUT2D eigenvalue weighted by Crippen LogP contribution is -2.02. The van der Waals surface area contributed by atoms with Crippen molar-refractivity contribution < 1.29 is 9.53 Å².